The van der Waals surface area contributed by atoms with Crippen molar-refractivity contribution in [1.29, 1.82) is 0 Å². The van der Waals surface area contributed by atoms with E-state index in [1.165, 1.54) is 17.0 Å². The average Bonchev–Trinajstić information content (AvgIpc) is 2.45. The topological polar surface area (TPSA) is 102 Å². The van der Waals surface area contributed by atoms with Gasteiger partial charge in [-0.3, -0.25) is 14.9 Å². The first kappa shape index (κ1) is 14.9. The Hall–Kier alpha value is -2.51. The number of anilines is 1. The van der Waals surface area contributed by atoms with Gasteiger partial charge < -0.3 is 19.5 Å². The summed E-state index contributed by atoms with van der Waals surface area (Å²) in [6, 6.07) is 2.76. The fourth-order valence-electron chi connectivity index (χ4n) is 2.18. The molecule has 0 spiro atoms. The molecule has 0 radical (unpaired) electrons. The van der Waals surface area contributed by atoms with E-state index in [1.54, 1.807) is 0 Å². The van der Waals surface area contributed by atoms with Crippen molar-refractivity contribution >= 4 is 17.3 Å². The van der Waals surface area contributed by atoms with Crippen LogP contribution in [0.1, 0.15) is 13.3 Å². The minimum absolute atomic E-state index is 0.186. The van der Waals surface area contributed by atoms with Gasteiger partial charge in [0.1, 0.15) is 25.4 Å². The minimum atomic E-state index is -1.05. The van der Waals surface area contributed by atoms with Crippen molar-refractivity contribution in [3.63, 3.8) is 0 Å². The molecular formula is C13H16N2O6. The van der Waals surface area contributed by atoms with Crippen LogP contribution in [-0.2, 0) is 4.79 Å². The molecule has 114 valence electrons. The van der Waals surface area contributed by atoms with Crippen molar-refractivity contribution in [2.75, 3.05) is 31.2 Å². The van der Waals surface area contributed by atoms with Crippen LogP contribution < -0.4 is 14.4 Å². The van der Waals surface area contributed by atoms with Crippen LogP contribution in [0.4, 0.5) is 11.4 Å². The molecule has 1 aliphatic heterocycles. The van der Waals surface area contributed by atoms with Crippen LogP contribution in [0.2, 0.25) is 0 Å². The summed E-state index contributed by atoms with van der Waals surface area (Å²) in [5.74, 6) is -0.343. The number of aliphatic carboxylic acids is 1. The van der Waals surface area contributed by atoms with Gasteiger partial charge in [-0.2, -0.15) is 0 Å². The highest BCUT2D eigenvalue weighted by Crippen LogP contribution is 2.41. The molecule has 2 rings (SSSR count). The third-order valence-corrected chi connectivity index (χ3v) is 3.00. The van der Waals surface area contributed by atoms with E-state index >= 15 is 0 Å². The molecule has 1 aliphatic rings. The van der Waals surface area contributed by atoms with Gasteiger partial charge >= 0.3 is 5.97 Å². The molecule has 0 saturated heterocycles. The molecule has 1 heterocycles. The van der Waals surface area contributed by atoms with Gasteiger partial charge in [-0.15, -0.1) is 0 Å². The van der Waals surface area contributed by atoms with Gasteiger partial charge in [0.05, 0.1) is 11.0 Å². The number of hydrogen-bond donors (Lipinski definition) is 1. The number of rotatable bonds is 6. The largest absolute Gasteiger partial charge is 0.486 e. The number of ether oxygens (including phenoxy) is 2. The highest BCUT2D eigenvalue weighted by atomic mass is 16.6. The summed E-state index contributed by atoms with van der Waals surface area (Å²) < 4.78 is 10.7. The number of carboxylic acids is 1. The molecular weight excluding hydrogens is 280 g/mol. The first-order valence-corrected chi connectivity index (χ1v) is 6.57. The maximum absolute atomic E-state index is 11.2. The fraction of sp³-hybridized carbons (Fsp3) is 0.462. The van der Waals surface area contributed by atoms with Gasteiger partial charge in [0.25, 0.3) is 5.69 Å². The van der Waals surface area contributed by atoms with Crippen LogP contribution in [0, 0.1) is 10.1 Å². The Labute approximate surface area is 121 Å². The van der Waals surface area contributed by atoms with Crippen molar-refractivity contribution in [2.45, 2.75) is 13.3 Å². The zero-order valence-corrected chi connectivity index (χ0v) is 11.6. The summed E-state index contributed by atoms with van der Waals surface area (Å²) in [6.45, 7) is 2.65. The summed E-state index contributed by atoms with van der Waals surface area (Å²) in [4.78, 5) is 23.1. The smallest absolute Gasteiger partial charge is 0.323 e. The van der Waals surface area contributed by atoms with Crippen LogP contribution in [0.25, 0.3) is 0 Å². The SMILES string of the molecule is CCCN(CC(=O)O)c1cc2c(cc1[N+](=O)[O-])OCCO2. The molecule has 8 heteroatoms. The highest BCUT2D eigenvalue weighted by Gasteiger charge is 2.26. The van der Waals surface area contributed by atoms with Crippen LogP contribution in [0.5, 0.6) is 11.5 Å². The third-order valence-electron chi connectivity index (χ3n) is 3.00. The Balaban J connectivity index is 2.47. The van der Waals surface area contributed by atoms with E-state index in [4.69, 9.17) is 14.6 Å². The maximum atomic E-state index is 11.2. The summed E-state index contributed by atoms with van der Waals surface area (Å²) in [6.07, 6.45) is 0.666. The number of carbonyl (C=O) groups is 1. The van der Waals surface area contributed by atoms with Gasteiger partial charge in [0.15, 0.2) is 11.5 Å². The van der Waals surface area contributed by atoms with Crippen molar-refractivity contribution in [3.05, 3.63) is 22.2 Å². The average molecular weight is 296 g/mol. The summed E-state index contributed by atoms with van der Waals surface area (Å²) >= 11 is 0. The Morgan fingerprint density at radius 2 is 2.00 bits per heavy atom. The van der Waals surface area contributed by atoms with Crippen LogP contribution in [0.15, 0.2) is 12.1 Å². The van der Waals surface area contributed by atoms with Crippen molar-refractivity contribution in [2.24, 2.45) is 0 Å². The van der Waals surface area contributed by atoms with Gasteiger partial charge in [-0.1, -0.05) is 6.92 Å². The van der Waals surface area contributed by atoms with E-state index in [0.29, 0.717) is 37.7 Å². The molecule has 1 N–H and O–H groups in total. The molecule has 0 amide bonds. The quantitative estimate of drug-likeness (QED) is 0.629. The van der Waals surface area contributed by atoms with Gasteiger partial charge in [-0.05, 0) is 6.42 Å². The molecule has 0 fully saturated rings. The standard InChI is InChI=1S/C13H16N2O6/c1-2-3-14(8-13(16)17)9-6-11-12(21-5-4-20-11)7-10(9)15(18)19/h6-7H,2-5,8H2,1H3,(H,16,17). The highest BCUT2D eigenvalue weighted by molar-refractivity contribution is 5.78. The van der Waals surface area contributed by atoms with Crippen LogP contribution in [0.3, 0.4) is 0 Å². The summed E-state index contributed by atoms with van der Waals surface area (Å²) in [7, 11) is 0. The lowest BCUT2D eigenvalue weighted by molar-refractivity contribution is -0.384. The Kier molecular flexibility index (Phi) is 4.46. The second-order valence-corrected chi connectivity index (χ2v) is 4.56. The fourth-order valence-corrected chi connectivity index (χ4v) is 2.18. The molecule has 21 heavy (non-hydrogen) atoms. The Bertz CT molecular complexity index is 560. The molecule has 0 unspecified atom stereocenters. The molecule has 0 saturated carbocycles. The van der Waals surface area contributed by atoms with Crippen molar-refractivity contribution < 1.29 is 24.3 Å². The van der Waals surface area contributed by atoms with E-state index < -0.39 is 10.9 Å². The monoisotopic (exact) mass is 296 g/mol. The Morgan fingerprint density at radius 1 is 1.38 bits per heavy atom. The summed E-state index contributed by atoms with van der Waals surface area (Å²) in [5, 5.41) is 20.2. The number of fused-ring (bicyclic) bond motifs is 1. The predicted octanol–water partition coefficient (Wildman–Crippen LogP) is 1.67. The van der Waals surface area contributed by atoms with Gasteiger partial charge in [-0.25, -0.2) is 0 Å². The van der Waals surface area contributed by atoms with E-state index in [0.717, 1.165) is 0 Å². The van der Waals surface area contributed by atoms with E-state index in [9.17, 15) is 14.9 Å². The maximum Gasteiger partial charge on any atom is 0.323 e. The first-order chi connectivity index (χ1) is 10.0. The van der Waals surface area contributed by atoms with E-state index in [2.05, 4.69) is 0 Å². The molecule has 1 aromatic carbocycles. The van der Waals surface area contributed by atoms with Crippen molar-refractivity contribution in [1.82, 2.24) is 0 Å². The lowest BCUT2D eigenvalue weighted by Gasteiger charge is -2.25. The molecule has 0 aliphatic carbocycles. The summed E-state index contributed by atoms with van der Waals surface area (Å²) in [5.41, 5.74) is 0.0439. The van der Waals surface area contributed by atoms with Gasteiger partial charge in [0.2, 0.25) is 0 Å². The number of carboxylic acid groups (broad SMARTS) is 1. The zero-order chi connectivity index (χ0) is 15.4. The van der Waals surface area contributed by atoms with Gasteiger partial charge in [0, 0.05) is 12.6 Å². The lowest BCUT2D eigenvalue weighted by atomic mass is 10.2. The Morgan fingerprint density at radius 3 is 2.52 bits per heavy atom. The lowest BCUT2D eigenvalue weighted by Crippen LogP contribution is -2.31. The zero-order valence-electron chi connectivity index (χ0n) is 11.6. The second kappa shape index (κ2) is 6.29. The normalized spacial score (nSPS) is 12.8. The molecule has 8 nitrogen and oxygen atoms in total. The van der Waals surface area contributed by atoms with Crippen LogP contribution >= 0.6 is 0 Å². The molecule has 0 bridgehead atoms. The van der Waals surface area contributed by atoms with E-state index in [-0.39, 0.29) is 17.9 Å². The first-order valence-electron chi connectivity index (χ1n) is 6.57. The number of nitro benzene ring substituents is 1. The predicted molar refractivity (Wildman–Crippen MR) is 74.2 cm³/mol. The molecule has 1 aromatic rings. The minimum Gasteiger partial charge on any atom is -0.486 e. The number of nitrogens with zero attached hydrogens (tertiary/aromatic N) is 2. The second-order valence-electron chi connectivity index (χ2n) is 4.56. The van der Waals surface area contributed by atoms with E-state index in [1.807, 2.05) is 6.92 Å². The number of hydrogen-bond acceptors (Lipinski definition) is 6. The number of nitro groups is 1. The number of benzene rings is 1. The van der Waals surface area contributed by atoms with Crippen molar-refractivity contribution in [3.8, 4) is 11.5 Å². The van der Waals surface area contributed by atoms with Crippen LogP contribution in [-0.4, -0.2) is 42.3 Å². The third kappa shape index (κ3) is 3.33. The molecule has 0 atom stereocenters. The molecule has 0 aromatic heterocycles.